The lowest BCUT2D eigenvalue weighted by atomic mass is 9.94. The second-order valence-corrected chi connectivity index (χ2v) is 8.50. The number of piperidine rings is 1. The molecule has 0 bridgehead atoms. The molecule has 1 aliphatic heterocycles. The number of carbonyl (C=O) groups is 1. The van der Waals surface area contributed by atoms with Crippen molar-refractivity contribution < 1.29 is 4.79 Å². The van der Waals surface area contributed by atoms with Crippen LogP contribution in [0.4, 0.5) is 0 Å². The Hall–Kier alpha value is -2.13. The number of likely N-dealkylation sites (tertiary alicyclic amines) is 1. The molecule has 1 fully saturated rings. The number of hydrogen-bond acceptors (Lipinski definition) is 4. The fourth-order valence-corrected chi connectivity index (χ4v) is 4.11. The lowest BCUT2D eigenvalue weighted by Crippen LogP contribution is -2.49. The van der Waals surface area contributed by atoms with Gasteiger partial charge in [0.15, 0.2) is 0 Å². The first kappa shape index (κ1) is 22.2. The van der Waals surface area contributed by atoms with E-state index >= 15 is 0 Å². The quantitative estimate of drug-likeness (QED) is 0.754. The number of H-pyrrole nitrogens is 1. The summed E-state index contributed by atoms with van der Waals surface area (Å²) in [7, 11) is 0. The van der Waals surface area contributed by atoms with Crippen LogP contribution in [0.1, 0.15) is 62.4 Å². The van der Waals surface area contributed by atoms with Crippen LogP contribution in [-0.2, 0) is 11.2 Å². The maximum atomic E-state index is 12.5. The third-order valence-corrected chi connectivity index (χ3v) is 6.09. The van der Waals surface area contributed by atoms with E-state index in [2.05, 4.69) is 36.0 Å². The Morgan fingerprint density at radius 1 is 1.32 bits per heavy atom. The Bertz CT molecular complexity index is 783. The molecular formula is C22H34N4O2. The van der Waals surface area contributed by atoms with Crippen molar-refractivity contribution in [3.8, 4) is 6.07 Å². The molecule has 6 heteroatoms. The normalized spacial score (nSPS) is 16.8. The first-order valence-corrected chi connectivity index (χ1v) is 10.4. The Morgan fingerprint density at radius 2 is 1.96 bits per heavy atom. The molecule has 2 N–H and O–H groups in total. The first-order chi connectivity index (χ1) is 13.2. The van der Waals surface area contributed by atoms with Gasteiger partial charge in [0.05, 0.1) is 0 Å². The van der Waals surface area contributed by atoms with Crippen LogP contribution in [0.5, 0.6) is 0 Å². The summed E-state index contributed by atoms with van der Waals surface area (Å²) in [6.07, 6.45) is 3.31. The van der Waals surface area contributed by atoms with Gasteiger partial charge in [-0.2, -0.15) is 5.26 Å². The molecule has 0 aliphatic carbocycles. The standard InChI is InChI=1S/C22H34N4O2/c1-14(2)20(26-10-8-15(3)9-11-26)13-24-21(27)7-6-18-16(4)19(12-23)22(28)25-17(18)5/h14-15,20H,6-11,13H2,1-5H3,(H,24,27)(H,25,28). The summed E-state index contributed by atoms with van der Waals surface area (Å²) < 4.78 is 0. The Kier molecular flexibility index (Phi) is 7.82. The van der Waals surface area contributed by atoms with Crippen LogP contribution in [0, 0.1) is 37.0 Å². The lowest BCUT2D eigenvalue weighted by Gasteiger charge is -2.38. The van der Waals surface area contributed by atoms with Gasteiger partial charge in [-0.25, -0.2) is 0 Å². The number of nitrogens with one attached hydrogen (secondary N) is 2. The monoisotopic (exact) mass is 386 g/mol. The second kappa shape index (κ2) is 9.88. The summed E-state index contributed by atoms with van der Waals surface area (Å²) in [5, 5.41) is 12.3. The van der Waals surface area contributed by atoms with Gasteiger partial charge in [-0.3, -0.25) is 14.5 Å². The summed E-state index contributed by atoms with van der Waals surface area (Å²) in [5.74, 6) is 1.29. The van der Waals surface area contributed by atoms with Crippen molar-refractivity contribution in [2.75, 3.05) is 19.6 Å². The molecule has 1 aromatic heterocycles. The van der Waals surface area contributed by atoms with Gasteiger partial charge in [0.25, 0.3) is 5.56 Å². The van der Waals surface area contributed by atoms with Gasteiger partial charge in [-0.1, -0.05) is 20.8 Å². The van der Waals surface area contributed by atoms with Crippen molar-refractivity contribution in [2.45, 2.75) is 66.3 Å². The Balaban J connectivity index is 1.94. The molecule has 0 saturated carbocycles. The van der Waals surface area contributed by atoms with Gasteiger partial charge < -0.3 is 10.3 Å². The fourth-order valence-electron chi connectivity index (χ4n) is 4.11. The molecule has 1 unspecified atom stereocenters. The Labute approximate surface area is 168 Å². The molecule has 28 heavy (non-hydrogen) atoms. The van der Waals surface area contributed by atoms with Gasteiger partial charge in [-0.05, 0) is 69.2 Å². The van der Waals surface area contributed by atoms with E-state index in [0.717, 1.165) is 30.3 Å². The van der Waals surface area contributed by atoms with Crippen molar-refractivity contribution in [3.63, 3.8) is 0 Å². The zero-order chi connectivity index (χ0) is 20.8. The molecule has 0 aromatic carbocycles. The first-order valence-electron chi connectivity index (χ1n) is 10.4. The molecule has 1 aliphatic rings. The zero-order valence-electron chi connectivity index (χ0n) is 17.9. The van der Waals surface area contributed by atoms with Crippen LogP contribution < -0.4 is 10.9 Å². The van der Waals surface area contributed by atoms with Gasteiger partial charge >= 0.3 is 0 Å². The molecular weight excluding hydrogens is 352 g/mol. The van der Waals surface area contributed by atoms with Gasteiger partial charge in [0.1, 0.15) is 11.6 Å². The number of aromatic nitrogens is 1. The molecule has 1 saturated heterocycles. The van der Waals surface area contributed by atoms with Crippen LogP contribution in [-0.4, -0.2) is 41.5 Å². The minimum atomic E-state index is -0.360. The summed E-state index contributed by atoms with van der Waals surface area (Å²) in [6.45, 7) is 13.2. The number of rotatable bonds is 7. The second-order valence-electron chi connectivity index (χ2n) is 8.50. The van der Waals surface area contributed by atoms with Crippen LogP contribution in [0.2, 0.25) is 0 Å². The minimum Gasteiger partial charge on any atom is -0.355 e. The molecule has 6 nitrogen and oxygen atoms in total. The highest BCUT2D eigenvalue weighted by Crippen LogP contribution is 2.21. The highest BCUT2D eigenvalue weighted by molar-refractivity contribution is 5.76. The van der Waals surface area contributed by atoms with E-state index in [0.29, 0.717) is 36.9 Å². The van der Waals surface area contributed by atoms with Crippen molar-refractivity contribution in [3.05, 3.63) is 32.7 Å². The van der Waals surface area contributed by atoms with E-state index in [4.69, 9.17) is 0 Å². The predicted molar refractivity (Wildman–Crippen MR) is 111 cm³/mol. The molecule has 0 radical (unpaired) electrons. The number of carbonyl (C=O) groups excluding carboxylic acids is 1. The van der Waals surface area contributed by atoms with Crippen LogP contribution in [0.3, 0.4) is 0 Å². The number of pyridine rings is 1. The van der Waals surface area contributed by atoms with E-state index in [9.17, 15) is 14.9 Å². The number of amides is 1. The van der Waals surface area contributed by atoms with Crippen molar-refractivity contribution in [1.29, 1.82) is 5.26 Å². The average Bonchev–Trinajstić information content (AvgIpc) is 2.63. The fraction of sp³-hybridized carbons (Fsp3) is 0.682. The van der Waals surface area contributed by atoms with Gasteiger partial charge in [0, 0.05) is 24.7 Å². The van der Waals surface area contributed by atoms with Gasteiger partial charge in [-0.15, -0.1) is 0 Å². The molecule has 1 amide bonds. The van der Waals surface area contributed by atoms with E-state index in [-0.39, 0.29) is 17.0 Å². The van der Waals surface area contributed by atoms with E-state index in [1.165, 1.54) is 12.8 Å². The number of aryl methyl sites for hydroxylation is 1. The van der Waals surface area contributed by atoms with E-state index in [1.807, 2.05) is 13.0 Å². The highest BCUT2D eigenvalue weighted by atomic mass is 16.1. The summed E-state index contributed by atoms with van der Waals surface area (Å²) in [5.41, 5.74) is 2.08. The highest BCUT2D eigenvalue weighted by Gasteiger charge is 2.26. The molecule has 1 atom stereocenters. The van der Waals surface area contributed by atoms with Crippen molar-refractivity contribution in [1.82, 2.24) is 15.2 Å². The zero-order valence-corrected chi connectivity index (χ0v) is 17.9. The largest absolute Gasteiger partial charge is 0.355 e. The number of hydrogen-bond donors (Lipinski definition) is 2. The lowest BCUT2D eigenvalue weighted by molar-refractivity contribution is -0.121. The number of nitriles is 1. The minimum absolute atomic E-state index is 0.0135. The van der Waals surface area contributed by atoms with E-state index < -0.39 is 0 Å². The summed E-state index contributed by atoms with van der Waals surface area (Å²) in [4.78, 5) is 29.5. The molecule has 1 aromatic rings. The number of aromatic amines is 1. The molecule has 154 valence electrons. The predicted octanol–water partition coefficient (Wildman–Crippen LogP) is 2.67. The molecule has 0 spiro atoms. The van der Waals surface area contributed by atoms with Crippen LogP contribution in [0.15, 0.2) is 4.79 Å². The van der Waals surface area contributed by atoms with Gasteiger partial charge in [0.2, 0.25) is 5.91 Å². The van der Waals surface area contributed by atoms with Crippen LogP contribution >= 0.6 is 0 Å². The summed E-state index contributed by atoms with van der Waals surface area (Å²) >= 11 is 0. The maximum absolute atomic E-state index is 12.5. The third kappa shape index (κ3) is 5.45. The van der Waals surface area contributed by atoms with Crippen LogP contribution in [0.25, 0.3) is 0 Å². The SMILES string of the molecule is Cc1[nH]c(=O)c(C#N)c(C)c1CCC(=O)NCC(C(C)C)N1CCC(C)CC1. The molecule has 2 heterocycles. The maximum Gasteiger partial charge on any atom is 0.266 e. The smallest absolute Gasteiger partial charge is 0.266 e. The van der Waals surface area contributed by atoms with Crippen molar-refractivity contribution >= 4 is 5.91 Å². The van der Waals surface area contributed by atoms with Crippen molar-refractivity contribution in [2.24, 2.45) is 11.8 Å². The topological polar surface area (TPSA) is 89.0 Å². The Morgan fingerprint density at radius 3 is 2.54 bits per heavy atom. The molecule has 2 rings (SSSR count). The average molecular weight is 387 g/mol. The number of nitrogens with zero attached hydrogens (tertiary/aromatic N) is 2. The summed E-state index contributed by atoms with van der Waals surface area (Å²) in [6, 6.07) is 2.32. The van der Waals surface area contributed by atoms with E-state index in [1.54, 1.807) is 6.92 Å². The third-order valence-electron chi connectivity index (χ3n) is 6.09.